The Kier molecular flexibility index (Phi) is 6.01. The molecule has 2 rings (SSSR count). The Morgan fingerprint density at radius 2 is 2.00 bits per heavy atom. The maximum absolute atomic E-state index is 11.7. The summed E-state index contributed by atoms with van der Waals surface area (Å²) in [6.07, 6.45) is 3.41. The lowest BCUT2D eigenvalue weighted by atomic mass is 9.97. The Labute approximate surface area is 135 Å². The van der Waals surface area contributed by atoms with Crippen molar-refractivity contribution in [3.05, 3.63) is 35.9 Å². The molecule has 1 heterocycles. The van der Waals surface area contributed by atoms with Crippen molar-refractivity contribution in [2.45, 2.75) is 25.7 Å². The number of benzene rings is 1. The highest BCUT2D eigenvalue weighted by molar-refractivity contribution is 7.88. The molecule has 0 amide bonds. The highest BCUT2D eigenvalue weighted by Crippen LogP contribution is 2.21. The van der Waals surface area contributed by atoms with Crippen LogP contribution in [0.4, 0.5) is 0 Å². The van der Waals surface area contributed by atoms with Crippen molar-refractivity contribution in [3.8, 4) is 0 Å². The van der Waals surface area contributed by atoms with Crippen molar-refractivity contribution in [2.24, 2.45) is 5.92 Å². The quantitative estimate of drug-likeness (QED) is 0.807. The minimum Gasteiger partial charge on any atom is -0.305 e. The molecule has 1 aromatic rings. The third kappa shape index (κ3) is 5.07. The molecule has 0 bridgehead atoms. The first kappa shape index (κ1) is 17.4. The number of rotatable bonds is 6. The van der Waals surface area contributed by atoms with E-state index in [2.05, 4.69) is 43.1 Å². The third-order valence-corrected chi connectivity index (χ3v) is 5.74. The summed E-state index contributed by atoms with van der Waals surface area (Å²) in [5, 5.41) is 0. The van der Waals surface area contributed by atoms with E-state index in [0.29, 0.717) is 24.9 Å². The summed E-state index contributed by atoms with van der Waals surface area (Å²) in [5.41, 5.74) is 1.36. The van der Waals surface area contributed by atoms with Crippen LogP contribution in [0.1, 0.15) is 31.2 Å². The van der Waals surface area contributed by atoms with Crippen molar-refractivity contribution in [1.82, 2.24) is 9.21 Å². The smallest absolute Gasteiger partial charge is 0.211 e. The summed E-state index contributed by atoms with van der Waals surface area (Å²) in [6.45, 7) is 5.56. The molecule has 2 atom stereocenters. The number of hydrogen-bond donors (Lipinski definition) is 0. The average Bonchev–Trinajstić information content (AvgIpc) is 2.47. The molecule has 0 spiro atoms. The Bertz CT molecular complexity index is 559. The zero-order valence-electron chi connectivity index (χ0n) is 13.9. The van der Waals surface area contributed by atoms with E-state index in [0.717, 1.165) is 25.9 Å². The van der Waals surface area contributed by atoms with Crippen LogP contribution < -0.4 is 0 Å². The number of nitrogens with zero attached hydrogens (tertiary/aromatic N) is 2. The van der Waals surface area contributed by atoms with E-state index in [1.807, 2.05) is 6.07 Å². The van der Waals surface area contributed by atoms with Gasteiger partial charge in [0.05, 0.1) is 6.26 Å². The van der Waals surface area contributed by atoms with Crippen LogP contribution >= 0.6 is 0 Å². The van der Waals surface area contributed by atoms with Gasteiger partial charge in [-0.1, -0.05) is 37.3 Å². The van der Waals surface area contributed by atoms with E-state index >= 15 is 0 Å². The summed E-state index contributed by atoms with van der Waals surface area (Å²) >= 11 is 0. The maximum Gasteiger partial charge on any atom is 0.211 e. The minimum atomic E-state index is -3.05. The monoisotopic (exact) mass is 324 g/mol. The molecule has 0 aliphatic carbocycles. The van der Waals surface area contributed by atoms with E-state index in [1.165, 1.54) is 11.8 Å². The first-order chi connectivity index (χ1) is 10.4. The molecule has 0 saturated carbocycles. The Morgan fingerprint density at radius 3 is 2.64 bits per heavy atom. The van der Waals surface area contributed by atoms with Gasteiger partial charge in [0.1, 0.15) is 0 Å². The van der Waals surface area contributed by atoms with Crippen LogP contribution in [-0.4, -0.2) is 57.1 Å². The van der Waals surface area contributed by atoms with E-state index < -0.39 is 10.0 Å². The fourth-order valence-electron chi connectivity index (χ4n) is 3.35. The van der Waals surface area contributed by atoms with Crippen LogP contribution in [0, 0.1) is 5.92 Å². The largest absolute Gasteiger partial charge is 0.305 e. The Balaban J connectivity index is 1.85. The lowest BCUT2D eigenvalue weighted by Gasteiger charge is -2.34. The molecule has 1 aliphatic heterocycles. The van der Waals surface area contributed by atoms with Gasteiger partial charge in [-0.15, -0.1) is 0 Å². The molecule has 0 radical (unpaired) electrons. The summed E-state index contributed by atoms with van der Waals surface area (Å²) < 4.78 is 25.0. The molecule has 1 aromatic carbocycles. The zero-order chi connectivity index (χ0) is 16.2. The molecule has 1 fully saturated rings. The molecular formula is C17H28N2O2S. The summed E-state index contributed by atoms with van der Waals surface area (Å²) in [7, 11) is -0.908. The van der Waals surface area contributed by atoms with Gasteiger partial charge in [-0.2, -0.15) is 0 Å². The molecule has 4 nitrogen and oxygen atoms in total. The molecule has 22 heavy (non-hydrogen) atoms. The predicted molar refractivity (Wildman–Crippen MR) is 91.5 cm³/mol. The minimum absolute atomic E-state index is 0.441. The van der Waals surface area contributed by atoms with Gasteiger partial charge in [0.15, 0.2) is 0 Å². The molecule has 1 aliphatic rings. The third-order valence-electron chi connectivity index (χ3n) is 4.47. The van der Waals surface area contributed by atoms with Crippen LogP contribution in [0.3, 0.4) is 0 Å². The van der Waals surface area contributed by atoms with Crippen molar-refractivity contribution >= 4 is 10.0 Å². The van der Waals surface area contributed by atoms with Gasteiger partial charge in [-0.3, -0.25) is 0 Å². The highest BCUT2D eigenvalue weighted by Gasteiger charge is 2.26. The van der Waals surface area contributed by atoms with Gasteiger partial charge in [-0.25, -0.2) is 12.7 Å². The van der Waals surface area contributed by atoms with Crippen LogP contribution in [0.15, 0.2) is 30.3 Å². The van der Waals surface area contributed by atoms with Crippen LogP contribution in [-0.2, 0) is 10.0 Å². The van der Waals surface area contributed by atoms with E-state index in [1.54, 1.807) is 4.31 Å². The topological polar surface area (TPSA) is 40.6 Å². The SMILES string of the molecule is C[C@@H](CN(C)C[C@H]1CCCN(S(C)(=O)=O)C1)c1ccccc1. The number of likely N-dealkylation sites (N-methyl/N-ethyl adjacent to an activating group) is 1. The number of sulfonamides is 1. The maximum atomic E-state index is 11.7. The van der Waals surface area contributed by atoms with Crippen molar-refractivity contribution in [1.29, 1.82) is 0 Å². The summed E-state index contributed by atoms with van der Waals surface area (Å²) in [6, 6.07) is 10.5. The fraction of sp³-hybridized carbons (Fsp3) is 0.647. The van der Waals surface area contributed by atoms with Crippen LogP contribution in [0.2, 0.25) is 0 Å². The summed E-state index contributed by atoms with van der Waals surface area (Å²) in [4.78, 5) is 2.34. The van der Waals surface area contributed by atoms with Gasteiger partial charge in [0.2, 0.25) is 10.0 Å². The van der Waals surface area contributed by atoms with Gasteiger partial charge in [-0.05, 0) is 37.3 Å². The van der Waals surface area contributed by atoms with E-state index in [9.17, 15) is 8.42 Å². The first-order valence-electron chi connectivity index (χ1n) is 8.05. The highest BCUT2D eigenvalue weighted by atomic mass is 32.2. The van der Waals surface area contributed by atoms with Crippen molar-refractivity contribution < 1.29 is 8.42 Å². The molecule has 0 unspecified atom stereocenters. The predicted octanol–water partition coefficient (Wildman–Crippen LogP) is 2.39. The van der Waals surface area contributed by atoms with Crippen molar-refractivity contribution in [3.63, 3.8) is 0 Å². The average molecular weight is 324 g/mol. The molecule has 5 heteroatoms. The van der Waals surface area contributed by atoms with Crippen LogP contribution in [0.25, 0.3) is 0 Å². The van der Waals surface area contributed by atoms with Gasteiger partial charge < -0.3 is 4.90 Å². The first-order valence-corrected chi connectivity index (χ1v) is 9.89. The molecule has 0 N–H and O–H groups in total. The van der Waals surface area contributed by atoms with E-state index in [-0.39, 0.29) is 0 Å². The second-order valence-electron chi connectivity index (χ2n) is 6.66. The molecular weight excluding hydrogens is 296 g/mol. The second kappa shape index (κ2) is 7.57. The lowest BCUT2D eigenvalue weighted by Crippen LogP contribution is -2.43. The normalized spacial score (nSPS) is 21.9. The zero-order valence-corrected chi connectivity index (χ0v) is 14.7. The van der Waals surface area contributed by atoms with Crippen molar-refractivity contribution in [2.75, 3.05) is 39.5 Å². The summed E-state index contributed by atoms with van der Waals surface area (Å²) in [5.74, 6) is 0.928. The Morgan fingerprint density at radius 1 is 1.32 bits per heavy atom. The van der Waals surface area contributed by atoms with E-state index in [4.69, 9.17) is 0 Å². The van der Waals surface area contributed by atoms with Gasteiger partial charge in [0.25, 0.3) is 0 Å². The van der Waals surface area contributed by atoms with Gasteiger partial charge >= 0.3 is 0 Å². The second-order valence-corrected chi connectivity index (χ2v) is 8.64. The number of piperidine rings is 1. The number of hydrogen-bond acceptors (Lipinski definition) is 3. The molecule has 1 saturated heterocycles. The fourth-order valence-corrected chi connectivity index (χ4v) is 4.29. The molecule has 124 valence electrons. The van der Waals surface area contributed by atoms with Gasteiger partial charge in [0, 0.05) is 26.2 Å². The van der Waals surface area contributed by atoms with Crippen LogP contribution in [0.5, 0.6) is 0 Å². The Hall–Kier alpha value is -0.910. The standard InChI is InChI=1S/C17H28N2O2S/c1-15(17-9-5-4-6-10-17)12-18(2)13-16-8-7-11-19(14-16)22(3,20)21/h4-6,9-10,15-16H,7-8,11-14H2,1-3H3/t15-,16+/m0/s1. The lowest BCUT2D eigenvalue weighted by molar-refractivity contribution is 0.196. The molecule has 0 aromatic heterocycles.